The molecule has 2 N–H and O–H groups in total. The van der Waals surface area contributed by atoms with Crippen LogP contribution < -0.4 is 9.47 Å². The zero-order valence-corrected chi connectivity index (χ0v) is 26.4. The molecule has 0 aromatic heterocycles. The van der Waals surface area contributed by atoms with Gasteiger partial charge in [-0.15, -0.1) is 0 Å². The number of esters is 3. The maximum Gasteiger partial charge on any atom is 0.490 e. The number of likely N-dealkylation sites (N-methyl/N-ethyl adjacent to an activating group) is 1. The Morgan fingerprint density at radius 1 is 1.06 bits per heavy atom. The van der Waals surface area contributed by atoms with Gasteiger partial charge in [0.25, 0.3) is 0 Å². The van der Waals surface area contributed by atoms with Crippen molar-refractivity contribution in [1.82, 2.24) is 4.90 Å². The molecule has 0 amide bonds. The zero-order chi connectivity index (χ0) is 35.2. The lowest BCUT2D eigenvalue weighted by molar-refractivity contribution is -0.192. The van der Waals surface area contributed by atoms with E-state index in [1.165, 1.54) is 13.8 Å². The van der Waals surface area contributed by atoms with Crippen LogP contribution in [0.15, 0.2) is 54.3 Å². The summed E-state index contributed by atoms with van der Waals surface area (Å²) in [7, 11) is 3.59. The summed E-state index contributed by atoms with van der Waals surface area (Å²) in [6, 6.07) is 12.2. The van der Waals surface area contributed by atoms with E-state index >= 15 is 0 Å². The molecule has 1 fully saturated rings. The second kappa shape index (κ2) is 12.8. The Morgan fingerprint density at radius 3 is 2.33 bits per heavy atom. The first-order chi connectivity index (χ1) is 22.5. The fourth-order valence-corrected chi connectivity index (χ4v) is 7.15. The van der Waals surface area contributed by atoms with Crippen molar-refractivity contribution < 1.29 is 66.2 Å². The number of carbonyl (C=O) groups excluding carboxylic acids is 3. The molecule has 2 aromatic carbocycles. The number of benzene rings is 2. The van der Waals surface area contributed by atoms with Gasteiger partial charge in [0, 0.05) is 30.5 Å². The third-order valence-corrected chi connectivity index (χ3v) is 9.24. The number of carbonyl (C=O) groups is 4. The third-order valence-electron chi connectivity index (χ3n) is 9.24. The van der Waals surface area contributed by atoms with Crippen LogP contribution in [-0.4, -0.2) is 89.7 Å². The fourth-order valence-electron chi connectivity index (χ4n) is 7.15. The minimum atomic E-state index is -5.08. The van der Waals surface area contributed by atoms with Crippen LogP contribution in [-0.2, 0) is 45.2 Å². The number of aliphatic hydroxyl groups is 1. The van der Waals surface area contributed by atoms with Crippen molar-refractivity contribution >= 4 is 23.9 Å². The van der Waals surface area contributed by atoms with Crippen LogP contribution in [0.4, 0.5) is 13.2 Å². The number of carboxylic acids is 1. The number of hydrogen-bond acceptors (Lipinski definition) is 11. The number of nitrogens with zero attached hydrogens (tertiary/aromatic N) is 1. The molecule has 2 aliphatic carbocycles. The maximum absolute atomic E-state index is 13.7. The molecule has 2 aromatic rings. The molecule has 0 unspecified atom stereocenters. The number of halogens is 3. The minimum Gasteiger partial charge on any atom is -0.493 e. The van der Waals surface area contributed by atoms with E-state index in [9.17, 15) is 32.7 Å². The Bertz CT molecular complexity index is 1650. The van der Waals surface area contributed by atoms with E-state index in [1.54, 1.807) is 43.5 Å². The van der Waals surface area contributed by atoms with Gasteiger partial charge in [0.2, 0.25) is 6.10 Å². The highest BCUT2D eigenvalue weighted by molar-refractivity contribution is 5.84. The van der Waals surface area contributed by atoms with E-state index in [0.717, 1.165) is 17.7 Å². The molecule has 1 saturated heterocycles. The van der Waals surface area contributed by atoms with Crippen LogP contribution in [0.5, 0.6) is 11.5 Å². The summed E-state index contributed by atoms with van der Waals surface area (Å²) >= 11 is 0. The van der Waals surface area contributed by atoms with Gasteiger partial charge in [0.05, 0.1) is 18.1 Å². The monoisotopic (exact) mass is 677 g/mol. The summed E-state index contributed by atoms with van der Waals surface area (Å²) in [6.07, 6.45) is -5.31. The molecular formula is C33H34F3NO11. The molecule has 2 bridgehead atoms. The van der Waals surface area contributed by atoms with Crippen molar-refractivity contribution in [3.8, 4) is 11.5 Å². The van der Waals surface area contributed by atoms with Crippen molar-refractivity contribution in [2.24, 2.45) is 0 Å². The van der Waals surface area contributed by atoms with Gasteiger partial charge < -0.3 is 38.8 Å². The first-order valence-corrected chi connectivity index (χ1v) is 15.0. The lowest BCUT2D eigenvalue weighted by Gasteiger charge is -2.61. The van der Waals surface area contributed by atoms with Gasteiger partial charge in [-0.2, -0.15) is 13.2 Å². The first kappa shape index (κ1) is 34.7. The number of aliphatic carboxylic acids is 1. The van der Waals surface area contributed by atoms with Gasteiger partial charge >= 0.3 is 30.1 Å². The van der Waals surface area contributed by atoms with Gasteiger partial charge in [-0.3, -0.25) is 4.79 Å². The van der Waals surface area contributed by atoms with Crippen molar-refractivity contribution in [2.45, 2.75) is 74.7 Å². The Morgan fingerprint density at radius 2 is 1.73 bits per heavy atom. The number of ether oxygens (including phenoxy) is 5. The smallest absolute Gasteiger partial charge is 0.490 e. The van der Waals surface area contributed by atoms with Crippen LogP contribution in [0.25, 0.3) is 0 Å². The van der Waals surface area contributed by atoms with E-state index < -0.39 is 59.4 Å². The number of hydrogen-bond donors (Lipinski definition) is 2. The minimum absolute atomic E-state index is 0.150. The van der Waals surface area contributed by atoms with E-state index in [1.807, 2.05) is 19.2 Å². The fraction of sp³-hybridized carbons (Fsp3) is 0.455. The summed E-state index contributed by atoms with van der Waals surface area (Å²) in [4.78, 5) is 49.0. The number of rotatable bonds is 7. The van der Waals surface area contributed by atoms with Crippen molar-refractivity contribution in [3.63, 3.8) is 0 Å². The Kier molecular flexibility index (Phi) is 9.23. The Hall–Kier alpha value is -4.63. The summed E-state index contributed by atoms with van der Waals surface area (Å²) in [5.74, 6) is -3.77. The van der Waals surface area contributed by atoms with Gasteiger partial charge in [-0.1, -0.05) is 36.4 Å². The number of carboxylic acid groups (broad SMARTS) is 1. The van der Waals surface area contributed by atoms with Gasteiger partial charge in [0.15, 0.2) is 23.7 Å². The third kappa shape index (κ3) is 5.85. The van der Waals surface area contributed by atoms with Crippen LogP contribution in [0.1, 0.15) is 49.5 Å². The van der Waals surface area contributed by atoms with Crippen LogP contribution >= 0.6 is 0 Å². The van der Waals surface area contributed by atoms with Crippen LogP contribution in [0.3, 0.4) is 0 Å². The van der Waals surface area contributed by atoms with E-state index in [-0.39, 0.29) is 18.2 Å². The lowest BCUT2D eigenvalue weighted by Crippen LogP contribution is -2.74. The van der Waals surface area contributed by atoms with E-state index in [2.05, 4.69) is 4.90 Å². The average Bonchev–Trinajstić information content (AvgIpc) is 3.38. The zero-order valence-electron chi connectivity index (χ0n) is 26.4. The van der Waals surface area contributed by atoms with E-state index in [0.29, 0.717) is 29.9 Å². The van der Waals surface area contributed by atoms with Gasteiger partial charge in [-0.05, 0) is 51.1 Å². The molecule has 6 atom stereocenters. The number of alkyl halides is 3. The highest BCUT2D eigenvalue weighted by Crippen LogP contribution is 2.65. The second-order valence-corrected chi connectivity index (χ2v) is 12.0. The van der Waals surface area contributed by atoms with Crippen LogP contribution in [0, 0.1) is 0 Å². The van der Waals surface area contributed by atoms with Crippen molar-refractivity contribution in [2.75, 3.05) is 20.7 Å². The van der Waals surface area contributed by atoms with Crippen molar-refractivity contribution in [1.29, 1.82) is 0 Å². The van der Waals surface area contributed by atoms with Gasteiger partial charge in [-0.25, -0.2) is 14.4 Å². The second-order valence-electron chi connectivity index (χ2n) is 12.0. The molecule has 4 aliphatic rings. The topological polar surface area (TPSA) is 158 Å². The molecule has 0 radical (unpaired) electrons. The van der Waals surface area contributed by atoms with E-state index in [4.69, 9.17) is 33.6 Å². The molecule has 2 heterocycles. The predicted octanol–water partition coefficient (Wildman–Crippen LogP) is 3.39. The molecule has 1 spiro atoms. The largest absolute Gasteiger partial charge is 0.493 e. The highest BCUT2D eigenvalue weighted by atomic mass is 19.4. The molecule has 258 valence electrons. The van der Waals surface area contributed by atoms with Crippen LogP contribution in [0.2, 0.25) is 0 Å². The lowest BCUT2D eigenvalue weighted by atomic mass is 9.50. The highest BCUT2D eigenvalue weighted by Gasteiger charge is 2.72. The predicted molar refractivity (Wildman–Crippen MR) is 158 cm³/mol. The molecule has 6 rings (SSSR count). The molecule has 12 nitrogen and oxygen atoms in total. The van der Waals surface area contributed by atoms with Gasteiger partial charge in [0.1, 0.15) is 5.76 Å². The molecule has 15 heteroatoms. The van der Waals surface area contributed by atoms with Crippen molar-refractivity contribution in [3.05, 3.63) is 71.0 Å². The SMILES string of the molecule is COc1ccc2c3c1O[C@H]1C(OC(=O)[C@@H](OC(=O)[C@H](C)OC(C)=O)c4ccccc4)=CC[C@@]4(O)[C@@H](C2)N(C)CC[C@]314.O=C(O)C(F)(F)F. The maximum atomic E-state index is 13.7. The summed E-state index contributed by atoms with van der Waals surface area (Å²) < 4.78 is 60.4. The molecular weight excluding hydrogens is 643 g/mol. The Labute approximate surface area is 273 Å². The number of piperidine rings is 1. The molecule has 0 saturated carbocycles. The average molecular weight is 678 g/mol. The standard InChI is InChI=1S/C31H33NO9.C2HF3O2/c1-17(38-18(2)33)28(34)41-25(19-8-6-5-7-9-19)29(35)39-22-12-13-31(36)23-16-20-10-11-21(37-4)26-24(20)30(31,27(22)40-26)14-15-32(23)3;3-2(4,5)1(6)7/h5-12,17,23,25,27,36H,13-16H2,1-4H3;(H,6,7)/t17-,23+,25-,27-,30-,31+;/m0./s1. The number of likely N-dealkylation sites (tertiary alicyclic amines) is 1. The summed E-state index contributed by atoms with van der Waals surface area (Å²) in [5, 5.41) is 19.5. The summed E-state index contributed by atoms with van der Waals surface area (Å²) in [6.45, 7) is 3.28. The Balaban J connectivity index is 0.000000582. The first-order valence-electron chi connectivity index (χ1n) is 15.0. The summed E-state index contributed by atoms with van der Waals surface area (Å²) in [5.41, 5.74) is 0.373. The quantitative estimate of drug-likeness (QED) is 0.326. The molecule has 48 heavy (non-hydrogen) atoms. The number of methoxy groups -OCH3 is 1. The normalized spacial score (nSPS) is 26.2. The molecule has 2 aliphatic heterocycles.